The summed E-state index contributed by atoms with van der Waals surface area (Å²) in [5, 5.41) is 4.13. The average Bonchev–Trinajstić information content (AvgIpc) is 2.89. The van der Waals surface area contributed by atoms with Gasteiger partial charge in [-0.25, -0.2) is 10.4 Å². The van der Waals surface area contributed by atoms with E-state index >= 15 is 0 Å². The van der Waals surface area contributed by atoms with Gasteiger partial charge in [0.1, 0.15) is 12.4 Å². The Kier molecular flexibility index (Phi) is 4.14. The predicted octanol–water partition coefficient (Wildman–Crippen LogP) is 2.28. The lowest BCUT2D eigenvalue weighted by Crippen LogP contribution is -2.24. The highest BCUT2D eigenvalue weighted by Crippen LogP contribution is 2.14. The van der Waals surface area contributed by atoms with Crippen molar-refractivity contribution in [2.75, 3.05) is 0 Å². The number of nitrogens with zero attached hydrogens (tertiary/aromatic N) is 4. The van der Waals surface area contributed by atoms with Crippen LogP contribution >= 0.6 is 0 Å². The smallest absolute Gasteiger partial charge is 0.260 e. The fourth-order valence-corrected chi connectivity index (χ4v) is 2.36. The van der Waals surface area contributed by atoms with E-state index in [0.717, 1.165) is 22.4 Å². The highest BCUT2D eigenvalue weighted by atomic mass is 16.2. The largest absolute Gasteiger partial charge is 0.319 e. The van der Waals surface area contributed by atoms with Gasteiger partial charge in [-0.2, -0.15) is 5.10 Å². The predicted molar refractivity (Wildman–Crippen MR) is 89.1 cm³/mol. The maximum atomic E-state index is 12.2. The second-order valence-corrected chi connectivity index (χ2v) is 5.21. The SMILES string of the molecule is C/C(=N/NC(=O)Cn1c(C)nc2ccccc21)c1cccnc1. The lowest BCUT2D eigenvalue weighted by atomic mass is 10.2. The third kappa shape index (κ3) is 3.26. The van der Waals surface area contributed by atoms with E-state index < -0.39 is 0 Å². The van der Waals surface area contributed by atoms with Crippen LogP contribution < -0.4 is 5.43 Å². The fraction of sp³-hybridized carbons (Fsp3) is 0.176. The Bertz CT molecular complexity index is 867. The molecule has 0 aliphatic rings. The van der Waals surface area contributed by atoms with Gasteiger partial charge in [-0.3, -0.25) is 9.78 Å². The summed E-state index contributed by atoms with van der Waals surface area (Å²) in [6.45, 7) is 3.89. The topological polar surface area (TPSA) is 72.2 Å². The Morgan fingerprint density at radius 2 is 2.09 bits per heavy atom. The van der Waals surface area contributed by atoms with E-state index in [1.165, 1.54) is 0 Å². The summed E-state index contributed by atoms with van der Waals surface area (Å²) in [4.78, 5) is 20.6. The summed E-state index contributed by atoms with van der Waals surface area (Å²) in [5.41, 5.74) is 5.98. The molecule has 1 N–H and O–H groups in total. The van der Waals surface area contributed by atoms with Crippen molar-refractivity contribution in [2.24, 2.45) is 5.10 Å². The molecule has 0 fully saturated rings. The molecule has 0 spiro atoms. The van der Waals surface area contributed by atoms with E-state index in [2.05, 4.69) is 20.5 Å². The van der Waals surface area contributed by atoms with Crippen LogP contribution in [0, 0.1) is 6.92 Å². The summed E-state index contributed by atoms with van der Waals surface area (Å²) in [7, 11) is 0. The number of hydrogen-bond donors (Lipinski definition) is 1. The van der Waals surface area contributed by atoms with Crippen molar-refractivity contribution in [3.63, 3.8) is 0 Å². The molecule has 3 aromatic rings. The van der Waals surface area contributed by atoms with Crippen LogP contribution in [0.1, 0.15) is 18.3 Å². The number of imidazole rings is 1. The zero-order valence-corrected chi connectivity index (χ0v) is 13.0. The van der Waals surface area contributed by atoms with Gasteiger partial charge in [-0.1, -0.05) is 18.2 Å². The number of para-hydroxylation sites is 2. The molecule has 116 valence electrons. The maximum Gasteiger partial charge on any atom is 0.260 e. The van der Waals surface area contributed by atoms with Crippen molar-refractivity contribution in [3.05, 3.63) is 60.2 Å². The van der Waals surface area contributed by atoms with Crippen molar-refractivity contribution in [1.82, 2.24) is 20.0 Å². The average molecular weight is 307 g/mol. The molecule has 3 rings (SSSR count). The Morgan fingerprint density at radius 3 is 2.87 bits per heavy atom. The third-order valence-corrected chi connectivity index (χ3v) is 3.57. The van der Waals surface area contributed by atoms with Crippen molar-refractivity contribution in [2.45, 2.75) is 20.4 Å². The molecule has 23 heavy (non-hydrogen) atoms. The van der Waals surface area contributed by atoms with Gasteiger partial charge in [0.2, 0.25) is 0 Å². The molecule has 0 aliphatic carbocycles. The van der Waals surface area contributed by atoms with E-state index in [-0.39, 0.29) is 12.5 Å². The zero-order valence-electron chi connectivity index (χ0n) is 13.0. The first-order valence-corrected chi connectivity index (χ1v) is 7.30. The molecule has 2 heterocycles. The molecule has 0 bridgehead atoms. The van der Waals surface area contributed by atoms with Gasteiger partial charge in [-0.05, 0) is 32.0 Å². The number of hydrogen-bond acceptors (Lipinski definition) is 4. The molecule has 0 radical (unpaired) electrons. The minimum atomic E-state index is -0.195. The second-order valence-electron chi connectivity index (χ2n) is 5.21. The maximum absolute atomic E-state index is 12.2. The molecule has 0 atom stereocenters. The summed E-state index contributed by atoms with van der Waals surface area (Å²) in [6.07, 6.45) is 3.40. The minimum absolute atomic E-state index is 0.177. The number of benzene rings is 1. The van der Waals surface area contributed by atoms with Gasteiger partial charge >= 0.3 is 0 Å². The molecule has 1 aromatic carbocycles. The van der Waals surface area contributed by atoms with Crippen LogP contribution in [0.2, 0.25) is 0 Å². The highest BCUT2D eigenvalue weighted by molar-refractivity contribution is 5.98. The number of carbonyl (C=O) groups excluding carboxylic acids is 1. The van der Waals surface area contributed by atoms with Crippen molar-refractivity contribution in [1.29, 1.82) is 0 Å². The lowest BCUT2D eigenvalue weighted by molar-refractivity contribution is -0.121. The Hall–Kier alpha value is -3.02. The van der Waals surface area contributed by atoms with Crippen molar-refractivity contribution < 1.29 is 4.79 Å². The summed E-state index contributed by atoms with van der Waals surface area (Å²) < 4.78 is 1.87. The van der Waals surface area contributed by atoms with Crippen LogP contribution in [0.5, 0.6) is 0 Å². The van der Waals surface area contributed by atoms with Gasteiger partial charge < -0.3 is 4.57 Å². The number of aryl methyl sites for hydroxylation is 1. The highest BCUT2D eigenvalue weighted by Gasteiger charge is 2.10. The first-order chi connectivity index (χ1) is 11.1. The van der Waals surface area contributed by atoms with E-state index in [1.54, 1.807) is 12.4 Å². The first-order valence-electron chi connectivity index (χ1n) is 7.30. The lowest BCUT2D eigenvalue weighted by Gasteiger charge is -2.06. The van der Waals surface area contributed by atoms with Crippen molar-refractivity contribution in [3.8, 4) is 0 Å². The molecule has 6 nitrogen and oxygen atoms in total. The van der Waals surface area contributed by atoms with Gasteiger partial charge in [0, 0.05) is 18.0 Å². The van der Waals surface area contributed by atoms with Crippen LogP contribution in [0.3, 0.4) is 0 Å². The zero-order chi connectivity index (χ0) is 16.2. The standard InChI is InChI=1S/C17H17N5O/c1-12(14-6-5-9-18-10-14)20-21-17(23)11-22-13(2)19-15-7-3-4-8-16(15)22/h3-10H,11H2,1-2H3,(H,21,23)/b20-12-. The molecule has 1 amide bonds. The molecule has 6 heteroatoms. The molecular weight excluding hydrogens is 290 g/mol. The monoisotopic (exact) mass is 307 g/mol. The second kappa shape index (κ2) is 6.39. The third-order valence-electron chi connectivity index (χ3n) is 3.57. The number of hydrazone groups is 1. The van der Waals surface area contributed by atoms with Crippen LogP contribution in [-0.2, 0) is 11.3 Å². The van der Waals surface area contributed by atoms with Crippen molar-refractivity contribution >= 4 is 22.7 Å². The Morgan fingerprint density at radius 1 is 1.26 bits per heavy atom. The quantitative estimate of drug-likeness (QED) is 0.593. The van der Waals surface area contributed by atoms with E-state index in [0.29, 0.717) is 5.71 Å². The number of nitrogens with one attached hydrogen (secondary N) is 1. The Balaban J connectivity index is 1.73. The minimum Gasteiger partial charge on any atom is -0.319 e. The van der Waals surface area contributed by atoms with Gasteiger partial charge in [-0.15, -0.1) is 0 Å². The molecule has 0 aliphatic heterocycles. The fourth-order valence-electron chi connectivity index (χ4n) is 2.36. The number of pyridine rings is 1. The normalized spacial score (nSPS) is 11.7. The number of fused-ring (bicyclic) bond motifs is 1. The molecular formula is C17H17N5O. The molecule has 0 unspecified atom stereocenters. The number of aromatic nitrogens is 3. The summed E-state index contributed by atoms with van der Waals surface area (Å²) >= 11 is 0. The van der Waals surface area contributed by atoms with Crippen LogP contribution in [0.4, 0.5) is 0 Å². The number of amides is 1. The van der Waals surface area contributed by atoms with Crippen LogP contribution in [0.15, 0.2) is 53.9 Å². The number of carbonyl (C=O) groups is 1. The van der Waals surface area contributed by atoms with Gasteiger partial charge in [0.15, 0.2) is 0 Å². The van der Waals surface area contributed by atoms with Crippen LogP contribution in [-0.4, -0.2) is 26.2 Å². The van der Waals surface area contributed by atoms with E-state index in [4.69, 9.17) is 0 Å². The number of rotatable bonds is 4. The van der Waals surface area contributed by atoms with E-state index in [9.17, 15) is 4.79 Å². The molecule has 0 saturated heterocycles. The molecule has 2 aromatic heterocycles. The van der Waals surface area contributed by atoms with Crippen LogP contribution in [0.25, 0.3) is 11.0 Å². The van der Waals surface area contributed by atoms with E-state index in [1.807, 2.05) is 54.8 Å². The van der Waals surface area contributed by atoms with Gasteiger partial charge in [0.05, 0.1) is 16.7 Å². The summed E-state index contributed by atoms with van der Waals surface area (Å²) in [6, 6.07) is 11.5. The Labute approximate surface area is 133 Å². The molecule has 0 saturated carbocycles. The summed E-state index contributed by atoms with van der Waals surface area (Å²) in [5.74, 6) is 0.605. The first kappa shape index (κ1) is 14.9. The van der Waals surface area contributed by atoms with Gasteiger partial charge in [0.25, 0.3) is 5.91 Å².